The average Bonchev–Trinajstić information content (AvgIpc) is 3.21. The van der Waals surface area contributed by atoms with E-state index in [1.165, 1.54) is 11.6 Å². The molecule has 1 saturated heterocycles. The van der Waals surface area contributed by atoms with Gasteiger partial charge in [0, 0.05) is 12.5 Å². The van der Waals surface area contributed by atoms with Gasteiger partial charge >= 0.3 is 6.18 Å². The van der Waals surface area contributed by atoms with Crippen molar-refractivity contribution in [1.82, 2.24) is 4.90 Å². The van der Waals surface area contributed by atoms with E-state index < -0.39 is 11.7 Å². The van der Waals surface area contributed by atoms with E-state index in [-0.39, 0.29) is 30.2 Å². The molecule has 1 heterocycles. The highest BCUT2D eigenvalue weighted by atomic mass is 19.4. The predicted octanol–water partition coefficient (Wildman–Crippen LogP) is 7.05. The fourth-order valence-electron chi connectivity index (χ4n) is 4.90. The molecule has 38 heavy (non-hydrogen) atoms. The lowest BCUT2D eigenvalue weighted by molar-refractivity contribution is -0.139. The number of nitriles is 1. The van der Waals surface area contributed by atoms with Crippen molar-refractivity contribution < 1.29 is 22.7 Å². The van der Waals surface area contributed by atoms with Crippen molar-refractivity contribution in [3.8, 4) is 22.9 Å². The van der Waals surface area contributed by atoms with E-state index in [4.69, 9.17) is 10.00 Å². The molecule has 0 N–H and O–H groups in total. The lowest BCUT2D eigenvalue weighted by Crippen LogP contribution is -2.38. The Balaban J connectivity index is 1.49. The smallest absolute Gasteiger partial charge is 0.419 e. The van der Waals surface area contributed by atoms with Crippen molar-refractivity contribution in [2.45, 2.75) is 37.9 Å². The van der Waals surface area contributed by atoms with Gasteiger partial charge in [-0.2, -0.15) is 18.4 Å². The van der Waals surface area contributed by atoms with E-state index >= 15 is 0 Å². The number of amides is 1. The third kappa shape index (κ3) is 6.44. The van der Waals surface area contributed by atoms with Crippen LogP contribution in [0, 0.1) is 17.2 Å². The first kappa shape index (κ1) is 27.0. The number of nitrogens with zero attached hydrogens (tertiary/aromatic N) is 2. The van der Waals surface area contributed by atoms with Crippen LogP contribution in [0.3, 0.4) is 0 Å². The summed E-state index contributed by atoms with van der Waals surface area (Å²) in [5.74, 6) is -0.504. The molecule has 0 aliphatic carbocycles. The molecule has 0 saturated carbocycles. The number of carbonyl (C=O) groups excluding carboxylic acids is 1. The first-order chi connectivity index (χ1) is 18.3. The lowest BCUT2D eigenvalue weighted by atomic mass is 10.0. The van der Waals surface area contributed by atoms with Crippen molar-refractivity contribution in [1.29, 1.82) is 5.26 Å². The third-order valence-electron chi connectivity index (χ3n) is 6.85. The van der Waals surface area contributed by atoms with E-state index in [1.54, 1.807) is 41.3 Å². The van der Waals surface area contributed by atoms with Crippen LogP contribution in [0.5, 0.6) is 5.75 Å². The molecule has 3 aromatic rings. The average molecular weight is 519 g/mol. The summed E-state index contributed by atoms with van der Waals surface area (Å²) in [7, 11) is 0. The van der Waals surface area contributed by atoms with Crippen LogP contribution < -0.4 is 4.74 Å². The van der Waals surface area contributed by atoms with Crippen LogP contribution >= 0.6 is 0 Å². The van der Waals surface area contributed by atoms with E-state index in [0.717, 1.165) is 18.9 Å². The number of carbonyl (C=O) groups is 1. The molecule has 3 aromatic carbocycles. The summed E-state index contributed by atoms with van der Waals surface area (Å²) in [6.07, 6.45) is -0.320. The molecule has 2 atom stereocenters. The Kier molecular flexibility index (Phi) is 8.52. The Morgan fingerprint density at radius 3 is 2.42 bits per heavy atom. The van der Waals surface area contributed by atoms with Crippen LogP contribution in [0.15, 0.2) is 85.5 Å². The Morgan fingerprint density at radius 2 is 1.76 bits per heavy atom. The summed E-state index contributed by atoms with van der Waals surface area (Å²) in [6, 6.07) is 22.0. The summed E-state index contributed by atoms with van der Waals surface area (Å²) in [6.45, 7) is 4.23. The van der Waals surface area contributed by atoms with Crippen LogP contribution in [0.25, 0.3) is 11.1 Å². The monoisotopic (exact) mass is 518 g/mol. The third-order valence-corrected chi connectivity index (χ3v) is 6.85. The van der Waals surface area contributed by atoms with Gasteiger partial charge in [-0.1, -0.05) is 54.6 Å². The zero-order valence-corrected chi connectivity index (χ0v) is 21.0. The molecule has 1 aliphatic rings. The Bertz CT molecular complexity index is 1300. The Labute approximate surface area is 221 Å². The Hall–Kier alpha value is -4.05. The second-order valence-corrected chi connectivity index (χ2v) is 9.44. The molecule has 4 nitrogen and oxygen atoms in total. The van der Waals surface area contributed by atoms with Gasteiger partial charge in [0.05, 0.1) is 23.2 Å². The number of rotatable bonds is 10. The first-order valence-corrected chi connectivity index (χ1v) is 12.6. The van der Waals surface area contributed by atoms with Gasteiger partial charge in [-0.3, -0.25) is 4.79 Å². The second kappa shape index (κ2) is 12.0. The second-order valence-electron chi connectivity index (χ2n) is 9.44. The van der Waals surface area contributed by atoms with Crippen LogP contribution in [0.2, 0.25) is 0 Å². The van der Waals surface area contributed by atoms with Gasteiger partial charge in [0.15, 0.2) is 0 Å². The summed E-state index contributed by atoms with van der Waals surface area (Å²) in [5, 5.41) is 8.97. The number of likely N-dealkylation sites (tertiary alicyclic amines) is 1. The zero-order chi connectivity index (χ0) is 27.1. The van der Waals surface area contributed by atoms with Gasteiger partial charge in [-0.25, -0.2) is 0 Å². The highest BCUT2D eigenvalue weighted by Crippen LogP contribution is 2.39. The molecular formula is C31H29F3N2O2. The molecule has 7 heteroatoms. The SMILES string of the molecule is C=CC[C@@H]1C[C@@H](COc2ccc(-c3ccc(C#N)cc3)cc2C(F)(F)F)N(CCCc2ccccc2)C1=O. The van der Waals surface area contributed by atoms with Gasteiger partial charge in [0.25, 0.3) is 0 Å². The molecule has 1 fully saturated rings. The number of allylic oxidation sites excluding steroid dienone is 1. The number of hydrogen-bond acceptors (Lipinski definition) is 3. The number of benzene rings is 3. The molecular weight excluding hydrogens is 489 g/mol. The van der Waals surface area contributed by atoms with E-state index in [0.29, 0.717) is 36.1 Å². The summed E-state index contributed by atoms with van der Waals surface area (Å²) in [4.78, 5) is 14.8. The maximum atomic E-state index is 14.0. The number of hydrogen-bond donors (Lipinski definition) is 0. The van der Waals surface area contributed by atoms with Gasteiger partial charge in [-0.05, 0) is 66.6 Å². The minimum Gasteiger partial charge on any atom is -0.491 e. The molecule has 0 aromatic heterocycles. The quantitative estimate of drug-likeness (QED) is 0.270. The molecule has 0 spiro atoms. The standard InChI is InChI=1S/C31H29F3N2O2/c1-2-7-26-18-27(36(30(26)37)17-6-10-22-8-4-3-5-9-22)21-38-29-16-15-25(19-28(29)31(32,33)34)24-13-11-23(20-35)12-14-24/h2-5,8-9,11-16,19,26-27H,1,6-7,10,17-18,21H2/t26-,27+/m1/s1. The Morgan fingerprint density at radius 1 is 1.05 bits per heavy atom. The number of ether oxygens (including phenoxy) is 1. The van der Waals surface area contributed by atoms with E-state index in [1.807, 2.05) is 36.4 Å². The van der Waals surface area contributed by atoms with E-state index in [2.05, 4.69) is 6.58 Å². The van der Waals surface area contributed by atoms with Crippen LogP contribution in [-0.4, -0.2) is 30.0 Å². The fraction of sp³-hybridized carbons (Fsp3) is 0.290. The summed E-state index contributed by atoms with van der Waals surface area (Å²) < 4.78 is 47.7. The van der Waals surface area contributed by atoms with Crippen molar-refractivity contribution in [3.63, 3.8) is 0 Å². The van der Waals surface area contributed by atoms with E-state index in [9.17, 15) is 18.0 Å². The van der Waals surface area contributed by atoms with Gasteiger partial charge in [-0.15, -0.1) is 6.58 Å². The maximum Gasteiger partial charge on any atom is 0.419 e. The van der Waals surface area contributed by atoms with Gasteiger partial charge < -0.3 is 9.64 Å². The molecule has 0 bridgehead atoms. The number of halogens is 3. The lowest BCUT2D eigenvalue weighted by Gasteiger charge is -2.26. The van der Waals surface area contributed by atoms with Gasteiger partial charge in [0.1, 0.15) is 12.4 Å². The highest BCUT2D eigenvalue weighted by molar-refractivity contribution is 5.81. The van der Waals surface area contributed by atoms with Crippen molar-refractivity contribution in [2.75, 3.05) is 13.2 Å². The minimum absolute atomic E-state index is 0.00114. The number of alkyl halides is 3. The molecule has 196 valence electrons. The zero-order valence-electron chi connectivity index (χ0n) is 21.0. The summed E-state index contributed by atoms with van der Waals surface area (Å²) >= 11 is 0. The van der Waals surface area contributed by atoms with Crippen molar-refractivity contribution in [2.24, 2.45) is 5.92 Å². The normalized spacial score (nSPS) is 17.3. The number of aryl methyl sites for hydroxylation is 1. The first-order valence-electron chi connectivity index (χ1n) is 12.6. The van der Waals surface area contributed by atoms with Crippen LogP contribution in [-0.2, 0) is 17.4 Å². The van der Waals surface area contributed by atoms with Crippen LogP contribution in [0.1, 0.15) is 36.0 Å². The van der Waals surface area contributed by atoms with Gasteiger partial charge in [0.2, 0.25) is 5.91 Å². The predicted molar refractivity (Wildman–Crippen MR) is 140 cm³/mol. The molecule has 1 aliphatic heterocycles. The largest absolute Gasteiger partial charge is 0.491 e. The van der Waals surface area contributed by atoms with Crippen molar-refractivity contribution >= 4 is 5.91 Å². The highest BCUT2D eigenvalue weighted by Gasteiger charge is 2.40. The molecule has 1 amide bonds. The summed E-state index contributed by atoms with van der Waals surface area (Å²) in [5.41, 5.74) is 1.67. The molecule has 4 rings (SSSR count). The maximum absolute atomic E-state index is 14.0. The molecule has 0 unspecified atom stereocenters. The van der Waals surface area contributed by atoms with Crippen LogP contribution in [0.4, 0.5) is 13.2 Å². The fourth-order valence-corrected chi connectivity index (χ4v) is 4.90. The topological polar surface area (TPSA) is 53.3 Å². The minimum atomic E-state index is -4.62. The molecule has 0 radical (unpaired) electrons. The van der Waals surface area contributed by atoms with Crippen molar-refractivity contribution in [3.05, 3.63) is 102 Å².